The fraction of sp³-hybridized carbons (Fsp3) is 0.273. The van der Waals surface area contributed by atoms with Gasteiger partial charge in [-0.2, -0.15) is 0 Å². The zero-order valence-electron chi connectivity index (χ0n) is 15.6. The van der Waals surface area contributed by atoms with Gasteiger partial charge in [0.1, 0.15) is 11.4 Å². The van der Waals surface area contributed by atoms with Crippen molar-refractivity contribution in [3.05, 3.63) is 77.7 Å². The van der Waals surface area contributed by atoms with Crippen molar-refractivity contribution in [2.45, 2.75) is 13.0 Å². The number of nitrogens with zero attached hydrogens (tertiary/aromatic N) is 3. The molecule has 1 aliphatic rings. The molecule has 1 amide bonds. The lowest BCUT2D eigenvalue weighted by Crippen LogP contribution is -2.35. The maximum absolute atomic E-state index is 13.1. The third-order valence-electron chi connectivity index (χ3n) is 5.03. The van der Waals surface area contributed by atoms with Crippen LogP contribution in [0.2, 0.25) is 0 Å². The van der Waals surface area contributed by atoms with Crippen LogP contribution in [-0.4, -0.2) is 47.0 Å². The fourth-order valence-corrected chi connectivity index (χ4v) is 3.54. The minimum atomic E-state index is -0.223. The number of amides is 1. The van der Waals surface area contributed by atoms with E-state index in [9.17, 15) is 9.18 Å². The summed E-state index contributed by atoms with van der Waals surface area (Å²) >= 11 is 0. The van der Waals surface area contributed by atoms with Gasteiger partial charge >= 0.3 is 0 Å². The van der Waals surface area contributed by atoms with Crippen molar-refractivity contribution in [2.75, 3.05) is 26.2 Å². The number of benzene rings is 2. The third-order valence-corrected chi connectivity index (χ3v) is 5.03. The number of carbonyl (C=O) groups is 1. The molecule has 6 heteroatoms. The largest absolute Gasteiger partial charge is 0.355 e. The van der Waals surface area contributed by atoms with Crippen LogP contribution in [0.1, 0.15) is 22.3 Å². The molecule has 1 saturated heterocycles. The average Bonchev–Trinajstić information content (AvgIpc) is 3.10. The molecular formula is C22H22FN3O2. The monoisotopic (exact) mass is 379 g/mol. The molecule has 5 nitrogen and oxygen atoms in total. The second-order valence-electron chi connectivity index (χ2n) is 6.98. The van der Waals surface area contributed by atoms with Crippen molar-refractivity contribution < 1.29 is 13.7 Å². The zero-order valence-corrected chi connectivity index (χ0v) is 15.6. The molecule has 0 saturated carbocycles. The molecule has 144 valence electrons. The normalized spacial score (nSPS) is 15.4. The lowest BCUT2D eigenvalue weighted by Gasteiger charge is -2.22. The van der Waals surface area contributed by atoms with Gasteiger partial charge in [-0.25, -0.2) is 4.39 Å². The highest BCUT2D eigenvalue weighted by Gasteiger charge is 2.25. The molecule has 4 rings (SSSR count). The maximum Gasteiger partial charge on any atom is 0.259 e. The van der Waals surface area contributed by atoms with Gasteiger partial charge in [-0.05, 0) is 24.1 Å². The van der Waals surface area contributed by atoms with E-state index in [1.807, 2.05) is 47.4 Å². The third kappa shape index (κ3) is 4.12. The van der Waals surface area contributed by atoms with Gasteiger partial charge in [0.05, 0.1) is 6.20 Å². The summed E-state index contributed by atoms with van der Waals surface area (Å²) in [6.45, 7) is 3.76. The molecule has 0 radical (unpaired) electrons. The predicted octanol–water partition coefficient (Wildman–Crippen LogP) is 3.83. The summed E-state index contributed by atoms with van der Waals surface area (Å²) in [7, 11) is 0. The second-order valence-corrected chi connectivity index (χ2v) is 6.98. The summed E-state index contributed by atoms with van der Waals surface area (Å²) in [6.07, 6.45) is 2.39. The number of halogens is 1. The Kier molecular flexibility index (Phi) is 5.48. The van der Waals surface area contributed by atoms with E-state index in [2.05, 4.69) is 10.1 Å². The molecule has 0 atom stereocenters. The maximum atomic E-state index is 13.1. The summed E-state index contributed by atoms with van der Waals surface area (Å²) in [5, 5.41) is 3.85. The number of carbonyl (C=O) groups excluding carboxylic acids is 1. The minimum absolute atomic E-state index is 0.0521. The highest BCUT2D eigenvalue weighted by atomic mass is 19.1. The van der Waals surface area contributed by atoms with Crippen LogP contribution in [0.25, 0.3) is 11.3 Å². The first-order valence-electron chi connectivity index (χ1n) is 9.47. The van der Waals surface area contributed by atoms with Crippen LogP contribution in [-0.2, 0) is 6.54 Å². The van der Waals surface area contributed by atoms with Crippen LogP contribution < -0.4 is 0 Å². The minimum Gasteiger partial charge on any atom is -0.355 e. The van der Waals surface area contributed by atoms with Gasteiger partial charge in [0, 0.05) is 38.3 Å². The van der Waals surface area contributed by atoms with E-state index in [0.29, 0.717) is 24.4 Å². The summed E-state index contributed by atoms with van der Waals surface area (Å²) in [6, 6.07) is 16.1. The number of hydrogen-bond acceptors (Lipinski definition) is 4. The van der Waals surface area contributed by atoms with Gasteiger partial charge in [0.15, 0.2) is 5.76 Å². The van der Waals surface area contributed by atoms with E-state index < -0.39 is 0 Å². The molecule has 1 aromatic heterocycles. The smallest absolute Gasteiger partial charge is 0.259 e. The van der Waals surface area contributed by atoms with Crippen molar-refractivity contribution in [3.63, 3.8) is 0 Å². The summed E-state index contributed by atoms with van der Waals surface area (Å²) in [4.78, 5) is 17.2. The van der Waals surface area contributed by atoms with Gasteiger partial charge in [-0.1, -0.05) is 47.6 Å². The Morgan fingerprint density at radius 1 is 1.00 bits per heavy atom. The van der Waals surface area contributed by atoms with E-state index in [1.165, 1.54) is 18.3 Å². The predicted molar refractivity (Wildman–Crippen MR) is 104 cm³/mol. The Labute approximate surface area is 163 Å². The summed E-state index contributed by atoms with van der Waals surface area (Å²) in [5.74, 6) is 0.237. The first-order chi connectivity index (χ1) is 13.7. The van der Waals surface area contributed by atoms with E-state index in [-0.39, 0.29) is 11.7 Å². The number of rotatable bonds is 4. The quantitative estimate of drug-likeness (QED) is 0.691. The summed E-state index contributed by atoms with van der Waals surface area (Å²) < 4.78 is 18.5. The molecule has 0 N–H and O–H groups in total. The first-order valence-corrected chi connectivity index (χ1v) is 9.47. The van der Waals surface area contributed by atoms with Gasteiger partial charge in [-0.3, -0.25) is 9.69 Å². The van der Waals surface area contributed by atoms with E-state index in [4.69, 9.17) is 4.52 Å². The van der Waals surface area contributed by atoms with E-state index in [1.54, 1.807) is 0 Å². The Morgan fingerprint density at radius 2 is 1.79 bits per heavy atom. The molecule has 28 heavy (non-hydrogen) atoms. The topological polar surface area (TPSA) is 49.6 Å². The molecule has 1 fully saturated rings. The SMILES string of the molecule is O=C(c1cnoc1-c1ccccc1)N1CCCN(Cc2ccc(F)cc2)CC1. The Bertz CT molecular complexity index is 924. The second kappa shape index (κ2) is 8.35. The molecule has 0 unspecified atom stereocenters. The van der Waals surface area contributed by atoms with Crippen LogP contribution in [0.4, 0.5) is 4.39 Å². The lowest BCUT2D eigenvalue weighted by molar-refractivity contribution is 0.0761. The zero-order chi connectivity index (χ0) is 19.3. The Hall–Kier alpha value is -2.99. The Balaban J connectivity index is 1.43. The molecule has 2 heterocycles. The molecule has 3 aromatic rings. The van der Waals surface area contributed by atoms with Crippen molar-refractivity contribution in [2.24, 2.45) is 0 Å². The summed E-state index contributed by atoms with van der Waals surface area (Å²) in [5.41, 5.74) is 2.42. The standard InChI is InChI=1S/C22H22FN3O2/c23-19-9-7-17(8-10-19)16-25-11-4-12-26(14-13-25)22(27)20-15-24-28-21(20)18-5-2-1-3-6-18/h1-3,5-10,15H,4,11-14,16H2. The van der Waals surface area contributed by atoms with Gasteiger partial charge < -0.3 is 9.42 Å². The Morgan fingerprint density at radius 3 is 2.57 bits per heavy atom. The van der Waals surface area contributed by atoms with Crippen LogP contribution in [0.15, 0.2) is 65.3 Å². The first kappa shape index (κ1) is 18.4. The van der Waals surface area contributed by atoms with Crippen LogP contribution in [0.3, 0.4) is 0 Å². The molecule has 2 aromatic carbocycles. The van der Waals surface area contributed by atoms with Gasteiger partial charge in [0.25, 0.3) is 5.91 Å². The highest BCUT2D eigenvalue weighted by Crippen LogP contribution is 2.25. The molecule has 0 bridgehead atoms. The van der Waals surface area contributed by atoms with E-state index >= 15 is 0 Å². The lowest BCUT2D eigenvalue weighted by atomic mass is 10.1. The van der Waals surface area contributed by atoms with Gasteiger partial charge in [-0.15, -0.1) is 0 Å². The van der Waals surface area contributed by atoms with E-state index in [0.717, 1.165) is 37.2 Å². The molecule has 0 aliphatic carbocycles. The molecule has 0 spiro atoms. The van der Waals surface area contributed by atoms with Gasteiger partial charge in [0.2, 0.25) is 0 Å². The number of hydrogen-bond donors (Lipinski definition) is 0. The van der Waals surface area contributed by atoms with Crippen LogP contribution in [0.5, 0.6) is 0 Å². The van der Waals surface area contributed by atoms with Crippen molar-refractivity contribution in [1.29, 1.82) is 0 Å². The van der Waals surface area contributed by atoms with Crippen molar-refractivity contribution in [1.82, 2.24) is 15.0 Å². The van der Waals surface area contributed by atoms with Crippen LogP contribution in [0, 0.1) is 5.82 Å². The van der Waals surface area contributed by atoms with Crippen molar-refractivity contribution in [3.8, 4) is 11.3 Å². The fourth-order valence-electron chi connectivity index (χ4n) is 3.54. The highest BCUT2D eigenvalue weighted by molar-refractivity contribution is 5.99. The molecule has 1 aliphatic heterocycles. The average molecular weight is 379 g/mol. The van der Waals surface area contributed by atoms with Crippen molar-refractivity contribution >= 4 is 5.91 Å². The number of aromatic nitrogens is 1. The van der Waals surface area contributed by atoms with Crippen LogP contribution >= 0.6 is 0 Å². The molecular weight excluding hydrogens is 357 g/mol.